The number of aryl methyl sites for hydroxylation is 1. The van der Waals surface area contributed by atoms with Crippen LogP contribution in [0.5, 0.6) is 0 Å². The van der Waals surface area contributed by atoms with Gasteiger partial charge in [0.1, 0.15) is 5.82 Å². The van der Waals surface area contributed by atoms with E-state index >= 15 is 0 Å². The molecule has 0 radical (unpaired) electrons. The van der Waals surface area contributed by atoms with E-state index in [0.717, 1.165) is 6.42 Å². The van der Waals surface area contributed by atoms with Crippen LogP contribution in [0.4, 0.5) is 4.39 Å². The normalized spacial score (nSPS) is 10.5. The maximum Gasteiger partial charge on any atom is 0.123 e. The second-order valence-electron chi connectivity index (χ2n) is 5.91. The topological polar surface area (TPSA) is 0 Å². The van der Waals surface area contributed by atoms with Gasteiger partial charge in [0, 0.05) is 0 Å². The highest BCUT2D eigenvalue weighted by Gasteiger charge is 2.02. The fourth-order valence-corrected chi connectivity index (χ4v) is 2.27. The van der Waals surface area contributed by atoms with E-state index in [1.165, 1.54) is 28.8 Å². The molecule has 0 N–H and O–H groups in total. The zero-order valence-corrected chi connectivity index (χ0v) is 13.9. The minimum Gasteiger partial charge on any atom is -0.207 e. The van der Waals surface area contributed by atoms with Crippen molar-refractivity contribution < 1.29 is 4.39 Å². The molecule has 0 fully saturated rings. The molecule has 1 heteroatoms. The van der Waals surface area contributed by atoms with Gasteiger partial charge in [0.25, 0.3) is 0 Å². The summed E-state index contributed by atoms with van der Waals surface area (Å²) >= 11 is 0. The van der Waals surface area contributed by atoms with Gasteiger partial charge < -0.3 is 0 Å². The van der Waals surface area contributed by atoms with Crippen LogP contribution in [-0.2, 0) is 6.42 Å². The lowest BCUT2D eigenvalue weighted by atomic mass is 9.96. The van der Waals surface area contributed by atoms with Crippen molar-refractivity contribution in [2.24, 2.45) is 0 Å². The average Bonchev–Trinajstić information content (AvgIpc) is 2.48. The van der Waals surface area contributed by atoms with Crippen LogP contribution in [0.1, 0.15) is 63.1 Å². The van der Waals surface area contributed by atoms with E-state index in [1.807, 2.05) is 12.1 Å². The van der Waals surface area contributed by atoms with Crippen molar-refractivity contribution in [3.05, 3.63) is 71.0 Å². The van der Waals surface area contributed by atoms with Crippen LogP contribution >= 0.6 is 0 Å². The Morgan fingerprint density at radius 1 is 0.810 bits per heavy atom. The Morgan fingerprint density at radius 3 is 1.81 bits per heavy atom. The Kier molecular flexibility index (Phi) is 7.14. The van der Waals surface area contributed by atoms with Crippen LogP contribution in [0.15, 0.2) is 48.5 Å². The van der Waals surface area contributed by atoms with E-state index in [4.69, 9.17) is 0 Å². The van der Waals surface area contributed by atoms with Crippen molar-refractivity contribution in [1.82, 2.24) is 0 Å². The van der Waals surface area contributed by atoms with Gasteiger partial charge in [0.2, 0.25) is 0 Å². The number of rotatable bonds is 3. The quantitative estimate of drug-likeness (QED) is 0.619. The zero-order chi connectivity index (χ0) is 15.8. The molecular formula is C20H27F. The summed E-state index contributed by atoms with van der Waals surface area (Å²) in [6, 6.07) is 15.3. The zero-order valence-electron chi connectivity index (χ0n) is 13.9. The highest BCUT2D eigenvalue weighted by atomic mass is 19.1. The molecule has 0 atom stereocenters. The molecule has 21 heavy (non-hydrogen) atoms. The standard InChI is InChI=1S/C11H16.C9H11F/c1-4-10-7-5-6-8-11(10)9(2)3;1-7(2)8-3-5-9(10)6-4-8/h5-9H,4H2,1-3H3;3-7H,1-2H3. The van der Waals surface area contributed by atoms with Gasteiger partial charge in [-0.25, -0.2) is 4.39 Å². The molecule has 0 bridgehead atoms. The molecule has 2 aromatic carbocycles. The van der Waals surface area contributed by atoms with Crippen molar-refractivity contribution in [3.8, 4) is 0 Å². The Bertz CT molecular complexity index is 524. The summed E-state index contributed by atoms with van der Waals surface area (Å²) in [5, 5.41) is 0. The SMILES string of the molecule is CC(C)c1ccc(F)cc1.CCc1ccccc1C(C)C. The van der Waals surface area contributed by atoms with Crippen LogP contribution in [0.25, 0.3) is 0 Å². The molecule has 0 saturated carbocycles. The third-order valence-corrected chi connectivity index (χ3v) is 3.59. The average molecular weight is 286 g/mol. The molecule has 0 spiro atoms. The molecule has 0 heterocycles. The van der Waals surface area contributed by atoms with E-state index in [2.05, 4.69) is 58.9 Å². The maximum absolute atomic E-state index is 12.4. The molecule has 0 aliphatic heterocycles. The summed E-state index contributed by atoms with van der Waals surface area (Å²) in [4.78, 5) is 0. The summed E-state index contributed by atoms with van der Waals surface area (Å²) in [7, 11) is 0. The van der Waals surface area contributed by atoms with Gasteiger partial charge >= 0.3 is 0 Å². The van der Waals surface area contributed by atoms with E-state index in [9.17, 15) is 4.39 Å². The first-order valence-corrected chi connectivity index (χ1v) is 7.79. The van der Waals surface area contributed by atoms with Gasteiger partial charge in [-0.1, -0.05) is 71.0 Å². The van der Waals surface area contributed by atoms with Crippen molar-refractivity contribution in [2.75, 3.05) is 0 Å². The minimum atomic E-state index is -0.163. The minimum absolute atomic E-state index is 0.163. The second kappa shape index (κ2) is 8.61. The number of benzene rings is 2. The third-order valence-electron chi connectivity index (χ3n) is 3.59. The van der Waals surface area contributed by atoms with Crippen molar-refractivity contribution in [2.45, 2.75) is 52.9 Å². The monoisotopic (exact) mass is 286 g/mol. The summed E-state index contributed by atoms with van der Waals surface area (Å²) in [5.41, 5.74) is 4.17. The van der Waals surface area contributed by atoms with Gasteiger partial charge in [-0.05, 0) is 47.1 Å². The molecule has 0 aromatic heterocycles. The molecule has 114 valence electrons. The van der Waals surface area contributed by atoms with Gasteiger partial charge in [-0.15, -0.1) is 0 Å². The lowest BCUT2D eigenvalue weighted by Crippen LogP contribution is -1.93. The largest absolute Gasteiger partial charge is 0.207 e. The van der Waals surface area contributed by atoms with Crippen LogP contribution in [0, 0.1) is 5.82 Å². The van der Waals surface area contributed by atoms with Gasteiger partial charge in [0.15, 0.2) is 0 Å². The van der Waals surface area contributed by atoms with Crippen LogP contribution < -0.4 is 0 Å². The lowest BCUT2D eigenvalue weighted by Gasteiger charge is -2.09. The van der Waals surface area contributed by atoms with E-state index in [-0.39, 0.29) is 5.82 Å². The van der Waals surface area contributed by atoms with Crippen molar-refractivity contribution in [1.29, 1.82) is 0 Å². The summed E-state index contributed by atoms with van der Waals surface area (Å²) in [6.45, 7) is 10.9. The number of hydrogen-bond donors (Lipinski definition) is 0. The summed E-state index contributed by atoms with van der Waals surface area (Å²) in [6.07, 6.45) is 1.15. The van der Waals surface area contributed by atoms with Crippen LogP contribution in [0.3, 0.4) is 0 Å². The Balaban J connectivity index is 0.000000211. The third kappa shape index (κ3) is 5.71. The van der Waals surface area contributed by atoms with E-state index < -0.39 is 0 Å². The molecule has 0 amide bonds. The van der Waals surface area contributed by atoms with Gasteiger partial charge in [-0.2, -0.15) is 0 Å². The Hall–Kier alpha value is -1.63. The molecule has 0 nitrogen and oxygen atoms in total. The maximum atomic E-state index is 12.4. The first kappa shape index (κ1) is 17.4. The fraction of sp³-hybridized carbons (Fsp3) is 0.400. The van der Waals surface area contributed by atoms with Crippen LogP contribution in [-0.4, -0.2) is 0 Å². The highest BCUT2D eigenvalue weighted by molar-refractivity contribution is 5.29. The van der Waals surface area contributed by atoms with Crippen molar-refractivity contribution in [3.63, 3.8) is 0 Å². The number of halogens is 1. The van der Waals surface area contributed by atoms with Gasteiger partial charge in [0.05, 0.1) is 0 Å². The predicted octanol–water partition coefficient (Wildman–Crippen LogP) is 6.32. The summed E-state index contributed by atoms with van der Waals surface area (Å²) in [5.74, 6) is 0.983. The van der Waals surface area contributed by atoms with Gasteiger partial charge in [-0.3, -0.25) is 0 Å². The predicted molar refractivity (Wildman–Crippen MR) is 90.4 cm³/mol. The van der Waals surface area contributed by atoms with E-state index in [1.54, 1.807) is 0 Å². The summed E-state index contributed by atoms with van der Waals surface area (Å²) < 4.78 is 12.4. The molecule has 0 aliphatic rings. The first-order chi connectivity index (χ1) is 9.95. The fourth-order valence-electron chi connectivity index (χ4n) is 2.27. The Labute approximate surface area is 129 Å². The number of hydrogen-bond acceptors (Lipinski definition) is 0. The molecular weight excluding hydrogens is 259 g/mol. The lowest BCUT2D eigenvalue weighted by molar-refractivity contribution is 0.626. The van der Waals surface area contributed by atoms with Crippen LogP contribution in [0.2, 0.25) is 0 Å². The molecule has 0 unspecified atom stereocenters. The molecule has 2 aromatic rings. The van der Waals surface area contributed by atoms with Crippen molar-refractivity contribution >= 4 is 0 Å². The first-order valence-electron chi connectivity index (χ1n) is 7.79. The molecule has 0 saturated heterocycles. The highest BCUT2D eigenvalue weighted by Crippen LogP contribution is 2.19. The second-order valence-corrected chi connectivity index (χ2v) is 5.91. The smallest absolute Gasteiger partial charge is 0.123 e. The Morgan fingerprint density at radius 2 is 1.38 bits per heavy atom. The molecule has 2 rings (SSSR count). The van der Waals surface area contributed by atoms with E-state index in [0.29, 0.717) is 11.8 Å². The molecule has 0 aliphatic carbocycles.